The lowest BCUT2D eigenvalue weighted by atomic mass is 9.82. The average molecular weight is 380 g/mol. The first-order valence-corrected chi connectivity index (χ1v) is 10.3. The Morgan fingerprint density at radius 3 is 2.56 bits per heavy atom. The largest absolute Gasteiger partial charge is 0.481 e. The highest BCUT2D eigenvalue weighted by atomic mass is 32.2. The first kappa shape index (κ1) is 17.6. The van der Waals surface area contributed by atoms with Crippen LogP contribution in [-0.2, 0) is 19.4 Å². The number of hydrogen-bond donors (Lipinski definition) is 2. The predicted molar refractivity (Wildman–Crippen MR) is 94.3 cm³/mol. The van der Waals surface area contributed by atoms with E-state index in [2.05, 4.69) is 10.3 Å². The highest BCUT2D eigenvalue weighted by molar-refractivity contribution is 7.90. The molecular weight excluding hydrogens is 364 g/mol. The van der Waals surface area contributed by atoms with Gasteiger partial charge < -0.3 is 10.4 Å². The van der Waals surface area contributed by atoms with Crippen molar-refractivity contribution in [3.8, 4) is 0 Å². The fourth-order valence-corrected chi connectivity index (χ4v) is 4.39. The summed E-state index contributed by atoms with van der Waals surface area (Å²) in [6, 6.07) is 4.57. The highest BCUT2D eigenvalue weighted by Crippen LogP contribution is 2.31. The van der Waals surface area contributed by atoms with E-state index in [-0.39, 0.29) is 10.8 Å². The summed E-state index contributed by atoms with van der Waals surface area (Å²) in [7, 11) is -3.32. The molecule has 2 aromatic rings. The third-order valence-electron chi connectivity index (χ3n) is 4.10. The Morgan fingerprint density at radius 1 is 1.24 bits per heavy atom. The van der Waals surface area contributed by atoms with Crippen molar-refractivity contribution in [3.05, 3.63) is 30.4 Å². The number of carboxylic acid groups (broad SMARTS) is 1. The summed E-state index contributed by atoms with van der Waals surface area (Å²) in [6.45, 7) is 0. The standard InChI is InChI=1S/C16H16N2O5S2/c1-25(22,23)9-6-7-12-13(8-9)24-16(17-12)18-14(19)10-4-2-3-5-11(10)15(20)21/h2-3,6-8,10-11H,4-5H2,1H3,(H,20,21)(H,17,18,19)/t10-,11+/m0/s1. The topological polar surface area (TPSA) is 113 Å². The molecule has 0 saturated heterocycles. The van der Waals surface area contributed by atoms with Crippen LogP contribution in [0.1, 0.15) is 12.8 Å². The molecule has 0 aliphatic heterocycles. The van der Waals surface area contributed by atoms with Gasteiger partial charge in [0, 0.05) is 6.26 Å². The molecule has 7 nitrogen and oxygen atoms in total. The molecule has 0 bridgehead atoms. The van der Waals surface area contributed by atoms with E-state index < -0.39 is 27.6 Å². The molecular formula is C16H16N2O5S2. The number of rotatable bonds is 4. The maximum atomic E-state index is 12.4. The smallest absolute Gasteiger partial charge is 0.307 e. The second-order valence-corrected chi connectivity index (χ2v) is 8.95. The van der Waals surface area contributed by atoms with Crippen molar-refractivity contribution in [1.29, 1.82) is 0 Å². The molecule has 3 rings (SSSR count). The van der Waals surface area contributed by atoms with Crippen molar-refractivity contribution in [2.45, 2.75) is 17.7 Å². The molecule has 2 N–H and O–H groups in total. The number of anilines is 1. The minimum absolute atomic E-state index is 0.185. The molecule has 1 heterocycles. The first-order chi connectivity index (χ1) is 11.8. The van der Waals surface area contributed by atoms with Crippen LogP contribution < -0.4 is 5.32 Å². The number of sulfone groups is 1. The van der Waals surface area contributed by atoms with Crippen molar-refractivity contribution in [2.75, 3.05) is 11.6 Å². The molecule has 25 heavy (non-hydrogen) atoms. The summed E-state index contributed by atoms with van der Waals surface area (Å²) in [6.07, 6.45) is 5.39. The molecule has 0 unspecified atom stereocenters. The normalized spacial score (nSPS) is 20.5. The lowest BCUT2D eigenvalue weighted by molar-refractivity contribution is -0.146. The number of allylic oxidation sites excluding steroid dienone is 2. The molecule has 1 amide bonds. The van der Waals surface area contributed by atoms with Gasteiger partial charge in [-0.05, 0) is 31.0 Å². The van der Waals surface area contributed by atoms with Crippen LogP contribution in [0.5, 0.6) is 0 Å². The minimum Gasteiger partial charge on any atom is -0.481 e. The number of aromatic nitrogens is 1. The number of carboxylic acids is 1. The Bertz CT molecular complexity index is 978. The quantitative estimate of drug-likeness (QED) is 0.787. The van der Waals surface area contributed by atoms with Crippen LogP contribution in [0.15, 0.2) is 35.2 Å². The van der Waals surface area contributed by atoms with E-state index in [4.69, 9.17) is 0 Å². The summed E-state index contributed by atoms with van der Waals surface area (Å²) >= 11 is 1.16. The molecule has 9 heteroatoms. The van der Waals surface area contributed by atoms with Crippen molar-refractivity contribution in [2.24, 2.45) is 11.8 Å². The molecule has 1 aliphatic carbocycles. The van der Waals surface area contributed by atoms with Crippen molar-refractivity contribution >= 4 is 48.4 Å². The highest BCUT2D eigenvalue weighted by Gasteiger charge is 2.34. The Morgan fingerprint density at radius 2 is 1.92 bits per heavy atom. The van der Waals surface area contributed by atoms with Crippen LogP contribution in [0.4, 0.5) is 5.13 Å². The first-order valence-electron chi connectivity index (χ1n) is 7.55. The summed E-state index contributed by atoms with van der Waals surface area (Å²) < 4.78 is 23.9. The van der Waals surface area contributed by atoms with Gasteiger partial charge in [-0.15, -0.1) is 0 Å². The van der Waals surface area contributed by atoms with Gasteiger partial charge in [0.25, 0.3) is 0 Å². The maximum absolute atomic E-state index is 12.4. The van der Waals surface area contributed by atoms with Gasteiger partial charge in [-0.1, -0.05) is 23.5 Å². The number of aliphatic carboxylic acids is 1. The lowest BCUT2D eigenvalue weighted by Gasteiger charge is -2.23. The van der Waals surface area contributed by atoms with Gasteiger partial charge >= 0.3 is 5.97 Å². The van der Waals surface area contributed by atoms with Crippen LogP contribution in [0.2, 0.25) is 0 Å². The van der Waals surface area contributed by atoms with Crippen molar-refractivity contribution in [1.82, 2.24) is 4.98 Å². The molecule has 132 valence electrons. The second kappa shape index (κ2) is 6.57. The number of fused-ring (bicyclic) bond motifs is 1. The van der Waals surface area contributed by atoms with Crippen LogP contribution >= 0.6 is 11.3 Å². The number of carbonyl (C=O) groups excluding carboxylic acids is 1. The molecule has 1 aliphatic rings. The second-order valence-electron chi connectivity index (χ2n) is 5.90. The Hall–Kier alpha value is -2.26. The molecule has 1 aromatic heterocycles. The molecule has 0 spiro atoms. The monoisotopic (exact) mass is 380 g/mol. The molecule has 2 atom stereocenters. The van der Waals surface area contributed by atoms with Crippen LogP contribution in [0.3, 0.4) is 0 Å². The summed E-state index contributed by atoms with van der Waals surface area (Å²) in [5.41, 5.74) is 0.575. The van der Waals surface area contributed by atoms with E-state index >= 15 is 0 Å². The zero-order valence-electron chi connectivity index (χ0n) is 13.3. The molecule has 1 aromatic carbocycles. The fraction of sp³-hybridized carbons (Fsp3) is 0.312. The van der Waals surface area contributed by atoms with E-state index in [0.29, 0.717) is 28.2 Å². The Balaban J connectivity index is 1.84. The third-order valence-corrected chi connectivity index (χ3v) is 6.15. The summed E-state index contributed by atoms with van der Waals surface area (Å²) in [4.78, 5) is 28.2. The zero-order chi connectivity index (χ0) is 18.2. The van der Waals surface area contributed by atoms with E-state index in [1.54, 1.807) is 18.2 Å². The molecule has 0 saturated carbocycles. The fourth-order valence-electron chi connectivity index (χ4n) is 2.76. The Kier molecular flexibility index (Phi) is 4.61. The van der Waals surface area contributed by atoms with Gasteiger partial charge in [0.15, 0.2) is 15.0 Å². The summed E-state index contributed by atoms with van der Waals surface area (Å²) in [5, 5.41) is 12.3. The van der Waals surface area contributed by atoms with Gasteiger partial charge in [-0.2, -0.15) is 0 Å². The lowest BCUT2D eigenvalue weighted by Crippen LogP contribution is -2.34. The van der Waals surface area contributed by atoms with E-state index in [0.717, 1.165) is 17.6 Å². The number of nitrogens with one attached hydrogen (secondary N) is 1. The third kappa shape index (κ3) is 3.72. The SMILES string of the molecule is CS(=O)(=O)c1ccc2nc(NC(=O)[C@H]3CC=CC[C@H]3C(=O)O)sc2c1. The Labute approximate surface area is 148 Å². The van der Waals surface area contributed by atoms with E-state index in [9.17, 15) is 23.1 Å². The van der Waals surface area contributed by atoms with Crippen molar-refractivity contribution < 1.29 is 23.1 Å². The number of thiazole rings is 1. The number of hydrogen-bond acceptors (Lipinski definition) is 6. The van der Waals surface area contributed by atoms with Gasteiger partial charge in [-0.3, -0.25) is 9.59 Å². The van der Waals surface area contributed by atoms with E-state index in [1.807, 2.05) is 0 Å². The zero-order valence-corrected chi connectivity index (χ0v) is 14.9. The number of benzene rings is 1. The van der Waals surface area contributed by atoms with Gasteiger partial charge in [0.2, 0.25) is 5.91 Å². The molecule has 0 radical (unpaired) electrons. The number of carbonyl (C=O) groups is 2. The van der Waals surface area contributed by atoms with Crippen LogP contribution in [0.25, 0.3) is 10.2 Å². The predicted octanol–water partition coefficient (Wildman–Crippen LogP) is 2.31. The van der Waals surface area contributed by atoms with Gasteiger partial charge in [-0.25, -0.2) is 13.4 Å². The average Bonchev–Trinajstić information content (AvgIpc) is 2.95. The van der Waals surface area contributed by atoms with Gasteiger partial charge in [0.05, 0.1) is 26.9 Å². The molecule has 0 fully saturated rings. The van der Waals surface area contributed by atoms with Crippen LogP contribution in [-0.4, -0.2) is 36.6 Å². The van der Waals surface area contributed by atoms with E-state index in [1.165, 1.54) is 12.1 Å². The van der Waals surface area contributed by atoms with Crippen molar-refractivity contribution in [3.63, 3.8) is 0 Å². The maximum Gasteiger partial charge on any atom is 0.307 e. The number of amides is 1. The minimum atomic E-state index is -3.32. The van der Waals surface area contributed by atoms with Crippen LogP contribution in [0, 0.1) is 11.8 Å². The summed E-state index contributed by atoms with van der Waals surface area (Å²) in [5.74, 6) is -2.79. The number of nitrogens with zero attached hydrogens (tertiary/aromatic N) is 1. The van der Waals surface area contributed by atoms with Gasteiger partial charge in [0.1, 0.15) is 0 Å².